The molecule has 0 fully saturated rings. The van der Waals surface area contributed by atoms with Crippen molar-refractivity contribution in [3.63, 3.8) is 0 Å². The van der Waals surface area contributed by atoms with Crippen LogP contribution in [0.4, 0.5) is 0 Å². The van der Waals surface area contributed by atoms with Gasteiger partial charge in [0.2, 0.25) is 0 Å². The molecule has 0 aliphatic rings. The van der Waals surface area contributed by atoms with E-state index in [0.717, 1.165) is 55.0 Å². The van der Waals surface area contributed by atoms with Gasteiger partial charge in [-0.3, -0.25) is 0 Å². The number of hydrogen-bond donors (Lipinski definition) is 0. The van der Waals surface area contributed by atoms with Crippen LogP contribution in [0, 0.1) is 45.3 Å². The monoisotopic (exact) mass is 688 g/mol. The number of nitrogens with zero attached hydrogens (tertiary/aromatic N) is 6. The number of fused-ring (bicyclic) bond motifs is 6. The molecule has 0 bridgehead atoms. The predicted molar refractivity (Wildman–Crippen MR) is 212 cm³/mol. The number of para-hydroxylation sites is 4. The summed E-state index contributed by atoms with van der Waals surface area (Å²) in [4.78, 5) is 0. The molecule has 0 aliphatic heterocycles. The zero-order valence-electron chi connectivity index (χ0n) is 28.8. The van der Waals surface area contributed by atoms with Crippen molar-refractivity contribution in [3.8, 4) is 35.7 Å². The fourth-order valence-corrected chi connectivity index (χ4v) is 7.99. The van der Waals surface area contributed by atoms with E-state index < -0.39 is 10.8 Å². The average Bonchev–Trinajstić information content (AvgIpc) is 3.76. The Labute approximate surface area is 311 Å². The molecule has 0 amide bonds. The van der Waals surface area contributed by atoms with Gasteiger partial charge in [0, 0.05) is 32.9 Å². The Kier molecular flexibility index (Phi) is 7.36. The summed E-state index contributed by atoms with van der Waals surface area (Å²) < 4.78 is 4.37. The molecule has 0 unspecified atom stereocenters. The van der Waals surface area contributed by atoms with Crippen molar-refractivity contribution in [3.05, 3.63) is 192 Å². The van der Waals surface area contributed by atoms with E-state index in [1.807, 2.05) is 97.1 Å². The summed E-state index contributed by atoms with van der Waals surface area (Å²) in [5, 5.41) is 46.9. The third-order valence-electron chi connectivity index (χ3n) is 10.7. The van der Waals surface area contributed by atoms with E-state index in [1.54, 1.807) is 24.3 Å². The molecule has 0 spiro atoms. The van der Waals surface area contributed by atoms with Crippen LogP contribution in [0.15, 0.2) is 170 Å². The van der Waals surface area contributed by atoms with Crippen LogP contribution >= 0.6 is 0 Å². The van der Waals surface area contributed by atoms with Crippen molar-refractivity contribution in [1.82, 2.24) is 9.13 Å². The minimum atomic E-state index is -1.62. The first-order chi connectivity index (χ1) is 26.6. The number of aromatic nitrogens is 2. The van der Waals surface area contributed by atoms with E-state index in [0.29, 0.717) is 22.3 Å². The summed E-state index contributed by atoms with van der Waals surface area (Å²) in [6.45, 7) is 0. The Morgan fingerprint density at radius 2 is 0.519 bits per heavy atom. The molecule has 0 N–H and O–H groups in total. The quantitative estimate of drug-likeness (QED) is 0.173. The molecule has 250 valence electrons. The topological polar surface area (TPSA) is 105 Å². The fraction of sp³-hybridized carbons (Fsp3) is 0.0417. The fourth-order valence-electron chi connectivity index (χ4n) is 7.99. The van der Waals surface area contributed by atoms with Gasteiger partial charge in [-0.15, -0.1) is 0 Å². The molecular weight excluding hydrogens is 661 g/mol. The SMILES string of the molecule is N#CC(C#N)(c1ccc(-n2c3ccccc3c3ccccc32)cc1)c1ccc(C(C#N)(C#N)c2ccc(-n3c4ccccc4c4ccccc43)cc2)cc1. The lowest BCUT2D eigenvalue weighted by molar-refractivity contribution is 0.826. The molecule has 2 heterocycles. The second-order valence-electron chi connectivity index (χ2n) is 13.4. The van der Waals surface area contributed by atoms with Crippen LogP contribution in [0.25, 0.3) is 55.0 Å². The molecule has 54 heavy (non-hydrogen) atoms. The van der Waals surface area contributed by atoms with Gasteiger partial charge in [-0.05, 0) is 70.8 Å². The lowest BCUT2D eigenvalue weighted by Crippen LogP contribution is -2.26. The maximum Gasteiger partial charge on any atom is 0.193 e. The maximum atomic E-state index is 10.6. The van der Waals surface area contributed by atoms with E-state index in [2.05, 4.69) is 81.9 Å². The first kappa shape index (κ1) is 32.0. The van der Waals surface area contributed by atoms with Crippen LogP contribution < -0.4 is 0 Å². The van der Waals surface area contributed by atoms with Crippen LogP contribution in [0.2, 0.25) is 0 Å². The Morgan fingerprint density at radius 3 is 0.759 bits per heavy atom. The van der Waals surface area contributed by atoms with E-state index in [1.165, 1.54) is 0 Å². The molecule has 9 rings (SSSR count). The van der Waals surface area contributed by atoms with Crippen LogP contribution in [0.1, 0.15) is 22.3 Å². The second-order valence-corrected chi connectivity index (χ2v) is 13.4. The summed E-state index contributed by atoms with van der Waals surface area (Å²) in [5.74, 6) is 0. The van der Waals surface area contributed by atoms with Crippen molar-refractivity contribution in [2.24, 2.45) is 0 Å². The summed E-state index contributed by atoms with van der Waals surface area (Å²) >= 11 is 0. The van der Waals surface area contributed by atoms with Crippen LogP contribution in [-0.4, -0.2) is 9.13 Å². The average molecular weight is 689 g/mol. The lowest BCUT2D eigenvalue weighted by atomic mass is 9.73. The van der Waals surface area contributed by atoms with Crippen molar-refractivity contribution in [2.45, 2.75) is 10.8 Å². The van der Waals surface area contributed by atoms with E-state index in [9.17, 15) is 21.0 Å². The van der Waals surface area contributed by atoms with Gasteiger partial charge in [0.1, 0.15) is 0 Å². The van der Waals surface area contributed by atoms with E-state index in [4.69, 9.17) is 0 Å². The molecular formula is C48H28N6. The number of rotatable bonds is 6. The standard InChI is InChI=1S/C48H28N6/c49-29-47(30-50,35-21-25-37(26-22-35)53-43-13-5-1-9-39(43)40-10-2-6-14-44(40)53)33-17-19-34(20-18-33)48(31-51,32-52)36-23-27-38(28-24-36)54-45-15-7-3-11-41(45)42-12-4-8-16-46(42)54/h1-28H. The van der Waals surface area contributed by atoms with Crippen molar-refractivity contribution >= 4 is 43.6 Å². The highest BCUT2D eigenvalue weighted by Crippen LogP contribution is 2.38. The third kappa shape index (κ3) is 4.56. The highest BCUT2D eigenvalue weighted by atomic mass is 15.0. The lowest BCUT2D eigenvalue weighted by Gasteiger charge is -2.23. The first-order valence-electron chi connectivity index (χ1n) is 17.5. The normalized spacial score (nSPS) is 11.6. The van der Waals surface area contributed by atoms with Crippen LogP contribution in [0.5, 0.6) is 0 Å². The third-order valence-corrected chi connectivity index (χ3v) is 10.7. The molecule has 0 saturated carbocycles. The number of hydrogen-bond acceptors (Lipinski definition) is 4. The molecule has 6 heteroatoms. The largest absolute Gasteiger partial charge is 0.309 e. The molecule has 0 saturated heterocycles. The van der Waals surface area contributed by atoms with Gasteiger partial charge in [-0.2, -0.15) is 21.0 Å². The van der Waals surface area contributed by atoms with Crippen LogP contribution in [0.3, 0.4) is 0 Å². The Bertz CT molecular complexity index is 2740. The zero-order chi connectivity index (χ0) is 36.9. The summed E-state index contributed by atoms with van der Waals surface area (Å²) in [5.41, 5.74) is 4.79. The minimum Gasteiger partial charge on any atom is -0.309 e. The first-order valence-corrected chi connectivity index (χ1v) is 17.5. The van der Waals surface area contributed by atoms with Crippen LogP contribution in [-0.2, 0) is 10.8 Å². The second kappa shape index (κ2) is 12.4. The maximum absolute atomic E-state index is 10.6. The predicted octanol–water partition coefficient (Wildman–Crippen LogP) is 10.5. The van der Waals surface area contributed by atoms with E-state index >= 15 is 0 Å². The zero-order valence-corrected chi connectivity index (χ0v) is 28.8. The number of benzene rings is 7. The van der Waals surface area contributed by atoms with Gasteiger partial charge in [-0.1, -0.05) is 121 Å². The van der Waals surface area contributed by atoms with Gasteiger partial charge >= 0.3 is 0 Å². The molecule has 0 radical (unpaired) electrons. The smallest absolute Gasteiger partial charge is 0.193 e. The van der Waals surface area contributed by atoms with Gasteiger partial charge in [0.05, 0.1) is 46.3 Å². The highest BCUT2D eigenvalue weighted by molar-refractivity contribution is 6.10. The van der Waals surface area contributed by atoms with Crippen molar-refractivity contribution in [1.29, 1.82) is 21.0 Å². The number of nitriles is 4. The Morgan fingerprint density at radius 1 is 0.296 bits per heavy atom. The molecule has 0 aliphatic carbocycles. The Hall–Kier alpha value is -7.90. The van der Waals surface area contributed by atoms with Gasteiger partial charge in [-0.25, -0.2) is 0 Å². The molecule has 0 atom stereocenters. The molecule has 6 nitrogen and oxygen atoms in total. The van der Waals surface area contributed by atoms with Crippen molar-refractivity contribution < 1.29 is 0 Å². The Balaban J connectivity index is 1.07. The highest BCUT2D eigenvalue weighted by Gasteiger charge is 2.38. The summed E-state index contributed by atoms with van der Waals surface area (Å²) in [6.07, 6.45) is 0. The van der Waals surface area contributed by atoms with Gasteiger partial charge < -0.3 is 9.13 Å². The molecule has 9 aromatic rings. The van der Waals surface area contributed by atoms with Crippen molar-refractivity contribution in [2.75, 3.05) is 0 Å². The van der Waals surface area contributed by atoms with E-state index in [-0.39, 0.29) is 0 Å². The summed E-state index contributed by atoms with van der Waals surface area (Å²) in [7, 11) is 0. The minimum absolute atomic E-state index is 0.451. The molecule has 7 aromatic carbocycles. The van der Waals surface area contributed by atoms with Gasteiger partial charge in [0.15, 0.2) is 10.8 Å². The molecule has 2 aromatic heterocycles. The summed E-state index contributed by atoms with van der Waals surface area (Å²) in [6, 6.07) is 63.8. The van der Waals surface area contributed by atoms with Gasteiger partial charge in [0.25, 0.3) is 0 Å².